The Morgan fingerprint density at radius 3 is 2.80 bits per heavy atom. The normalized spacial score (nSPS) is 22.5. The van der Waals surface area contributed by atoms with Crippen molar-refractivity contribution in [3.05, 3.63) is 23.3 Å². The second kappa shape index (κ2) is 8.39. The van der Waals surface area contributed by atoms with Gasteiger partial charge in [-0.25, -0.2) is 0 Å². The van der Waals surface area contributed by atoms with Gasteiger partial charge in [-0.2, -0.15) is 0 Å². The van der Waals surface area contributed by atoms with Gasteiger partial charge in [-0.15, -0.1) is 0 Å². The zero-order valence-electron chi connectivity index (χ0n) is 15.8. The van der Waals surface area contributed by atoms with Gasteiger partial charge in [-0.3, -0.25) is 0 Å². The highest BCUT2D eigenvalue weighted by atomic mass is 16.5. The highest BCUT2D eigenvalue weighted by molar-refractivity contribution is 5.48. The van der Waals surface area contributed by atoms with Gasteiger partial charge in [0, 0.05) is 30.6 Å². The lowest BCUT2D eigenvalue weighted by Gasteiger charge is -2.32. The highest BCUT2D eigenvalue weighted by Gasteiger charge is 2.22. The number of nitrogens with zero attached hydrogens (tertiary/aromatic N) is 1. The van der Waals surface area contributed by atoms with Crippen molar-refractivity contribution in [3.63, 3.8) is 0 Å². The van der Waals surface area contributed by atoms with Crippen LogP contribution in [-0.4, -0.2) is 55.5 Å². The van der Waals surface area contributed by atoms with Crippen LogP contribution in [0.4, 0.5) is 0 Å². The van der Waals surface area contributed by atoms with E-state index in [1.807, 2.05) is 6.92 Å². The summed E-state index contributed by atoms with van der Waals surface area (Å²) < 4.78 is 11.5. The number of methoxy groups -OCH3 is 1. The summed E-state index contributed by atoms with van der Waals surface area (Å²) in [5, 5.41) is 13.1. The number of ether oxygens (including phenoxy) is 2. The van der Waals surface area contributed by atoms with E-state index in [-0.39, 0.29) is 12.2 Å². The van der Waals surface area contributed by atoms with Crippen molar-refractivity contribution in [1.82, 2.24) is 10.2 Å². The third kappa shape index (κ3) is 4.87. The number of rotatable bonds is 7. The minimum atomic E-state index is -0.230. The fraction of sp³-hybridized carbons (Fsp3) is 0.700. The molecule has 0 saturated carbocycles. The van der Waals surface area contributed by atoms with E-state index in [2.05, 4.69) is 29.3 Å². The van der Waals surface area contributed by atoms with Crippen LogP contribution in [0.2, 0.25) is 0 Å². The van der Waals surface area contributed by atoms with Crippen LogP contribution in [0.25, 0.3) is 0 Å². The second-order valence-corrected chi connectivity index (χ2v) is 7.63. The average Bonchev–Trinajstić information content (AvgIpc) is 2.94. The summed E-state index contributed by atoms with van der Waals surface area (Å²) in [7, 11) is 1.74. The molecule has 1 aromatic rings. The SMILES string of the molecule is COc1cc2c(cc1CNCC1CCN(C[C@@H](C)O)CC1)O[C@@H](C)C2. The molecule has 5 heteroatoms. The number of fused-ring (bicyclic) bond motifs is 1. The van der Waals surface area contributed by atoms with E-state index in [0.29, 0.717) is 5.92 Å². The molecule has 3 rings (SSSR count). The largest absolute Gasteiger partial charge is 0.496 e. The van der Waals surface area contributed by atoms with Gasteiger partial charge >= 0.3 is 0 Å². The van der Waals surface area contributed by atoms with Crippen molar-refractivity contribution in [2.75, 3.05) is 33.3 Å². The Morgan fingerprint density at radius 2 is 2.12 bits per heavy atom. The average molecular weight is 348 g/mol. The first-order valence-electron chi connectivity index (χ1n) is 9.52. The zero-order chi connectivity index (χ0) is 17.8. The molecule has 2 N–H and O–H groups in total. The summed E-state index contributed by atoms with van der Waals surface area (Å²) >= 11 is 0. The lowest BCUT2D eigenvalue weighted by atomic mass is 9.96. The standard InChI is InChI=1S/C20H32N2O3/c1-14(23)13-22-6-4-16(5-7-22)11-21-12-18-10-20-17(8-15(2)25-20)9-19(18)24-3/h9-10,14-16,21,23H,4-8,11-13H2,1-3H3/t14-,15+/m1/s1. The van der Waals surface area contributed by atoms with Crippen molar-refractivity contribution in [1.29, 1.82) is 0 Å². The van der Waals surface area contributed by atoms with Gasteiger partial charge in [0.2, 0.25) is 0 Å². The Hall–Kier alpha value is -1.30. The van der Waals surface area contributed by atoms with Gasteiger partial charge in [0.15, 0.2) is 0 Å². The Balaban J connectivity index is 1.47. The Morgan fingerprint density at radius 1 is 1.36 bits per heavy atom. The monoisotopic (exact) mass is 348 g/mol. The molecule has 140 valence electrons. The Kier molecular flexibility index (Phi) is 6.20. The molecule has 0 aliphatic carbocycles. The first-order valence-corrected chi connectivity index (χ1v) is 9.52. The van der Waals surface area contributed by atoms with Gasteiger partial charge < -0.3 is 24.8 Å². The van der Waals surface area contributed by atoms with Crippen molar-refractivity contribution in [3.8, 4) is 11.5 Å². The van der Waals surface area contributed by atoms with E-state index < -0.39 is 0 Å². The van der Waals surface area contributed by atoms with Crippen LogP contribution >= 0.6 is 0 Å². The van der Waals surface area contributed by atoms with Crippen molar-refractivity contribution < 1.29 is 14.6 Å². The minimum absolute atomic E-state index is 0.230. The summed E-state index contributed by atoms with van der Waals surface area (Å²) in [6, 6.07) is 4.26. The summed E-state index contributed by atoms with van der Waals surface area (Å²) in [5.41, 5.74) is 2.42. The third-order valence-corrected chi connectivity index (χ3v) is 5.28. The highest BCUT2D eigenvalue weighted by Crippen LogP contribution is 2.35. The third-order valence-electron chi connectivity index (χ3n) is 5.28. The maximum Gasteiger partial charge on any atom is 0.123 e. The van der Waals surface area contributed by atoms with Crippen molar-refractivity contribution in [2.45, 2.75) is 51.9 Å². The lowest BCUT2D eigenvalue weighted by Crippen LogP contribution is -2.40. The topological polar surface area (TPSA) is 54.0 Å². The van der Waals surface area contributed by atoms with Crippen LogP contribution in [0.15, 0.2) is 12.1 Å². The molecule has 5 nitrogen and oxygen atoms in total. The molecule has 0 radical (unpaired) electrons. The second-order valence-electron chi connectivity index (χ2n) is 7.63. The van der Waals surface area contributed by atoms with Crippen LogP contribution in [0.1, 0.15) is 37.8 Å². The predicted molar refractivity (Wildman–Crippen MR) is 99.3 cm³/mol. The molecule has 1 fully saturated rings. The van der Waals surface area contributed by atoms with E-state index in [4.69, 9.17) is 9.47 Å². The fourth-order valence-electron chi connectivity index (χ4n) is 3.97. The molecular weight excluding hydrogens is 316 g/mol. The van der Waals surface area contributed by atoms with Gasteiger partial charge in [0.25, 0.3) is 0 Å². The molecule has 0 amide bonds. The summed E-state index contributed by atoms with van der Waals surface area (Å²) in [5.74, 6) is 2.68. The maximum atomic E-state index is 9.49. The molecule has 25 heavy (non-hydrogen) atoms. The number of benzene rings is 1. The first kappa shape index (κ1) is 18.5. The van der Waals surface area contributed by atoms with Gasteiger partial charge in [-0.1, -0.05) is 0 Å². The van der Waals surface area contributed by atoms with E-state index in [9.17, 15) is 5.11 Å². The number of likely N-dealkylation sites (tertiary alicyclic amines) is 1. The molecular formula is C20H32N2O3. The van der Waals surface area contributed by atoms with E-state index in [1.165, 1.54) is 24.0 Å². The Bertz CT molecular complexity index is 568. The molecule has 0 unspecified atom stereocenters. The smallest absolute Gasteiger partial charge is 0.123 e. The van der Waals surface area contributed by atoms with Gasteiger partial charge in [0.05, 0.1) is 13.2 Å². The molecule has 0 spiro atoms. The number of hydrogen-bond acceptors (Lipinski definition) is 5. The molecule has 0 aromatic heterocycles. The number of aliphatic hydroxyl groups excluding tert-OH is 1. The minimum Gasteiger partial charge on any atom is -0.496 e. The van der Waals surface area contributed by atoms with Gasteiger partial charge in [0.1, 0.15) is 17.6 Å². The molecule has 1 saturated heterocycles. The van der Waals surface area contributed by atoms with Gasteiger partial charge in [-0.05, 0) is 64.4 Å². The lowest BCUT2D eigenvalue weighted by molar-refractivity contribution is 0.0998. The molecule has 2 aliphatic rings. The molecule has 1 aromatic carbocycles. The zero-order valence-corrected chi connectivity index (χ0v) is 15.8. The summed E-state index contributed by atoms with van der Waals surface area (Å²) in [6.07, 6.45) is 3.38. The van der Waals surface area contributed by atoms with Crippen LogP contribution in [0, 0.1) is 5.92 Å². The number of hydrogen-bond donors (Lipinski definition) is 2. The number of β-amino-alcohol motifs (C(OH)–C–C–N with tert-alkyl or cyclic N) is 1. The number of nitrogens with one attached hydrogen (secondary N) is 1. The first-order chi connectivity index (χ1) is 12.0. The van der Waals surface area contributed by atoms with Crippen LogP contribution in [0.3, 0.4) is 0 Å². The van der Waals surface area contributed by atoms with Crippen LogP contribution in [-0.2, 0) is 13.0 Å². The van der Waals surface area contributed by atoms with E-state index >= 15 is 0 Å². The maximum absolute atomic E-state index is 9.49. The van der Waals surface area contributed by atoms with Crippen LogP contribution < -0.4 is 14.8 Å². The molecule has 2 atom stereocenters. The summed E-state index contributed by atoms with van der Waals surface area (Å²) in [6.45, 7) is 8.78. The number of aliphatic hydroxyl groups is 1. The molecule has 0 bridgehead atoms. The van der Waals surface area contributed by atoms with Crippen LogP contribution in [0.5, 0.6) is 11.5 Å². The number of piperidine rings is 1. The quantitative estimate of drug-likeness (QED) is 0.791. The molecule has 2 aliphatic heterocycles. The van der Waals surface area contributed by atoms with Crippen molar-refractivity contribution in [2.24, 2.45) is 5.92 Å². The van der Waals surface area contributed by atoms with Crippen molar-refractivity contribution >= 4 is 0 Å². The van der Waals surface area contributed by atoms with E-state index in [1.54, 1.807) is 7.11 Å². The van der Waals surface area contributed by atoms with E-state index in [0.717, 1.165) is 50.6 Å². The summed E-state index contributed by atoms with van der Waals surface area (Å²) in [4.78, 5) is 2.36. The Labute approximate surface area is 151 Å². The fourth-order valence-corrected chi connectivity index (χ4v) is 3.97. The molecule has 2 heterocycles. The predicted octanol–water partition coefficient (Wildman–Crippen LogP) is 2.20.